The number of nitrogens with zero attached hydrogens (tertiary/aromatic N) is 1. The molecule has 0 spiro atoms. The Morgan fingerprint density at radius 3 is 2.50 bits per heavy atom. The minimum atomic E-state index is -4.23. The molecule has 2 rings (SSSR count). The molecule has 0 aromatic heterocycles. The maximum Gasteiger partial charge on any atom is 0.271 e. The Morgan fingerprint density at radius 1 is 1.23 bits per heavy atom. The van der Waals surface area contributed by atoms with E-state index in [1.165, 1.54) is 18.2 Å². The van der Waals surface area contributed by atoms with Crippen LogP contribution < -0.4 is 4.72 Å². The van der Waals surface area contributed by atoms with Crippen molar-refractivity contribution in [2.24, 2.45) is 0 Å². The lowest BCUT2D eigenvalue weighted by Crippen LogP contribution is -2.15. The predicted molar refractivity (Wildman–Crippen MR) is 80.1 cm³/mol. The Kier molecular flexibility index (Phi) is 4.34. The Labute approximate surface area is 130 Å². The number of hydrogen-bond donors (Lipinski definition) is 1. The molecule has 2 aromatic carbocycles. The van der Waals surface area contributed by atoms with E-state index >= 15 is 0 Å². The summed E-state index contributed by atoms with van der Waals surface area (Å²) in [5.74, 6) is -1.01. The van der Waals surface area contributed by atoms with E-state index in [0.717, 1.165) is 18.2 Å². The largest absolute Gasteiger partial charge is 0.279 e. The van der Waals surface area contributed by atoms with Gasteiger partial charge in [-0.1, -0.05) is 17.7 Å². The molecule has 0 saturated carbocycles. The van der Waals surface area contributed by atoms with Gasteiger partial charge in [-0.3, -0.25) is 14.8 Å². The third kappa shape index (κ3) is 3.34. The first-order valence-electron chi connectivity index (χ1n) is 5.93. The normalized spacial score (nSPS) is 11.2. The Bertz CT molecular complexity index is 855. The number of aryl methyl sites for hydroxylation is 1. The molecule has 0 bridgehead atoms. The molecular formula is C13H10ClFN2O4S. The third-order valence-corrected chi connectivity index (χ3v) is 4.49. The molecule has 0 amide bonds. The molecule has 6 nitrogen and oxygen atoms in total. The highest BCUT2D eigenvalue weighted by Crippen LogP contribution is 2.26. The number of nitrogens with one attached hydrogen (secondary N) is 1. The Hall–Kier alpha value is -2.19. The summed E-state index contributed by atoms with van der Waals surface area (Å²) in [7, 11) is -4.23. The molecule has 0 saturated heterocycles. The summed E-state index contributed by atoms with van der Waals surface area (Å²) >= 11 is 5.58. The van der Waals surface area contributed by atoms with Crippen LogP contribution in [0.25, 0.3) is 0 Å². The van der Waals surface area contributed by atoms with Gasteiger partial charge in [0.2, 0.25) is 0 Å². The van der Waals surface area contributed by atoms with Crippen molar-refractivity contribution >= 4 is 33.0 Å². The summed E-state index contributed by atoms with van der Waals surface area (Å²) in [5.41, 5.74) is 0.187. The number of sulfonamides is 1. The van der Waals surface area contributed by atoms with Crippen LogP contribution in [0.2, 0.25) is 5.02 Å². The molecule has 1 N–H and O–H groups in total. The molecule has 0 atom stereocenters. The van der Waals surface area contributed by atoms with Crippen molar-refractivity contribution in [2.45, 2.75) is 11.8 Å². The summed E-state index contributed by atoms with van der Waals surface area (Å²) in [4.78, 5) is 9.50. The molecule has 9 heteroatoms. The van der Waals surface area contributed by atoms with Crippen LogP contribution >= 0.6 is 11.6 Å². The first-order valence-corrected chi connectivity index (χ1v) is 7.80. The van der Waals surface area contributed by atoms with Crippen LogP contribution in [0.1, 0.15) is 5.56 Å². The molecule has 22 heavy (non-hydrogen) atoms. The van der Waals surface area contributed by atoms with E-state index in [-0.39, 0.29) is 16.4 Å². The molecule has 0 aliphatic carbocycles. The molecule has 0 aliphatic rings. The molecule has 0 heterocycles. The fourth-order valence-corrected chi connectivity index (χ4v) is 3.07. The van der Waals surface area contributed by atoms with E-state index in [4.69, 9.17) is 11.6 Å². The first kappa shape index (κ1) is 16.2. The highest BCUT2D eigenvalue weighted by molar-refractivity contribution is 7.92. The highest BCUT2D eigenvalue weighted by atomic mass is 35.5. The van der Waals surface area contributed by atoms with Crippen molar-refractivity contribution < 1.29 is 17.7 Å². The van der Waals surface area contributed by atoms with Gasteiger partial charge in [-0.25, -0.2) is 12.8 Å². The first-order chi connectivity index (χ1) is 10.2. The van der Waals surface area contributed by atoms with Crippen molar-refractivity contribution in [3.05, 3.63) is 62.9 Å². The molecule has 0 unspecified atom stereocenters. The molecule has 0 fully saturated rings. The molecule has 0 radical (unpaired) electrons. The standard InChI is InChI=1S/C13H10ClFN2O4S/c1-8-2-4-10(17(18)19)7-12(8)16-22(20,21)13-5-3-9(14)6-11(13)15/h2-7,16H,1H3. The van der Waals surface area contributed by atoms with Gasteiger partial charge in [0.15, 0.2) is 0 Å². The monoisotopic (exact) mass is 344 g/mol. The quantitative estimate of drug-likeness (QED) is 0.679. The topological polar surface area (TPSA) is 89.3 Å². The number of rotatable bonds is 4. The van der Waals surface area contributed by atoms with Crippen LogP contribution in [-0.2, 0) is 10.0 Å². The second-order valence-electron chi connectivity index (χ2n) is 4.44. The number of nitro groups is 1. The minimum absolute atomic E-state index is 0.00329. The molecular weight excluding hydrogens is 335 g/mol. The average Bonchev–Trinajstić information content (AvgIpc) is 2.40. The number of anilines is 1. The Balaban J connectivity index is 2.45. The van der Waals surface area contributed by atoms with Gasteiger partial charge < -0.3 is 0 Å². The van der Waals surface area contributed by atoms with E-state index < -0.39 is 25.7 Å². The number of non-ortho nitro benzene ring substituents is 1. The highest BCUT2D eigenvalue weighted by Gasteiger charge is 2.21. The van der Waals surface area contributed by atoms with Gasteiger partial charge in [-0.05, 0) is 30.7 Å². The maximum absolute atomic E-state index is 13.7. The van der Waals surface area contributed by atoms with Gasteiger partial charge in [-0.2, -0.15) is 0 Å². The second kappa shape index (κ2) is 5.90. The zero-order valence-corrected chi connectivity index (χ0v) is 12.8. The van der Waals surface area contributed by atoms with E-state index in [1.807, 2.05) is 0 Å². The van der Waals surface area contributed by atoms with Crippen molar-refractivity contribution in [3.8, 4) is 0 Å². The van der Waals surface area contributed by atoms with Crippen molar-refractivity contribution in [2.75, 3.05) is 4.72 Å². The van der Waals surface area contributed by atoms with Crippen LogP contribution in [0.15, 0.2) is 41.3 Å². The number of hydrogen-bond acceptors (Lipinski definition) is 4. The maximum atomic E-state index is 13.7. The smallest absolute Gasteiger partial charge is 0.271 e. The van der Waals surface area contributed by atoms with Crippen molar-refractivity contribution in [1.29, 1.82) is 0 Å². The van der Waals surface area contributed by atoms with Crippen LogP contribution in [-0.4, -0.2) is 13.3 Å². The minimum Gasteiger partial charge on any atom is -0.279 e. The van der Waals surface area contributed by atoms with Crippen LogP contribution in [0, 0.1) is 22.9 Å². The summed E-state index contributed by atoms with van der Waals surface area (Å²) < 4.78 is 40.3. The van der Waals surface area contributed by atoms with Gasteiger partial charge in [-0.15, -0.1) is 0 Å². The third-order valence-electron chi connectivity index (χ3n) is 2.86. The van der Waals surface area contributed by atoms with Crippen LogP contribution in [0.3, 0.4) is 0 Å². The summed E-state index contributed by atoms with van der Waals surface area (Å²) in [6.45, 7) is 1.57. The van der Waals surface area contributed by atoms with E-state index in [9.17, 15) is 22.9 Å². The van der Waals surface area contributed by atoms with E-state index in [0.29, 0.717) is 5.56 Å². The predicted octanol–water partition coefficient (Wildman–Crippen LogP) is 3.50. The molecule has 0 aliphatic heterocycles. The van der Waals surface area contributed by atoms with Gasteiger partial charge >= 0.3 is 0 Å². The number of halogens is 2. The fraction of sp³-hybridized carbons (Fsp3) is 0.0769. The number of nitro benzene ring substituents is 1. The van der Waals surface area contributed by atoms with Gasteiger partial charge in [0.1, 0.15) is 10.7 Å². The Morgan fingerprint density at radius 2 is 1.91 bits per heavy atom. The lowest BCUT2D eigenvalue weighted by molar-refractivity contribution is -0.384. The zero-order valence-electron chi connectivity index (χ0n) is 11.2. The average molecular weight is 345 g/mol. The van der Waals surface area contributed by atoms with Gasteiger partial charge in [0.05, 0.1) is 10.6 Å². The molecule has 2 aromatic rings. The second-order valence-corrected chi connectivity index (χ2v) is 6.52. The summed E-state index contributed by atoms with van der Waals surface area (Å²) in [5, 5.41) is 10.8. The van der Waals surface area contributed by atoms with Gasteiger partial charge in [0, 0.05) is 17.2 Å². The number of benzene rings is 2. The fourth-order valence-electron chi connectivity index (χ4n) is 1.73. The zero-order chi connectivity index (χ0) is 16.5. The van der Waals surface area contributed by atoms with E-state index in [1.54, 1.807) is 6.92 Å². The summed E-state index contributed by atoms with van der Waals surface area (Å²) in [6, 6.07) is 6.84. The van der Waals surface area contributed by atoms with Crippen molar-refractivity contribution in [1.82, 2.24) is 0 Å². The van der Waals surface area contributed by atoms with Crippen LogP contribution in [0.4, 0.5) is 15.8 Å². The lowest BCUT2D eigenvalue weighted by Gasteiger charge is -2.11. The van der Waals surface area contributed by atoms with Crippen LogP contribution in [0.5, 0.6) is 0 Å². The van der Waals surface area contributed by atoms with Gasteiger partial charge in [0.25, 0.3) is 15.7 Å². The lowest BCUT2D eigenvalue weighted by atomic mass is 10.2. The SMILES string of the molecule is Cc1ccc([N+](=O)[O-])cc1NS(=O)(=O)c1ccc(Cl)cc1F. The van der Waals surface area contributed by atoms with Crippen molar-refractivity contribution in [3.63, 3.8) is 0 Å². The summed E-state index contributed by atoms with van der Waals surface area (Å²) in [6.07, 6.45) is 0. The van der Waals surface area contributed by atoms with E-state index in [2.05, 4.69) is 4.72 Å². The molecule has 116 valence electrons.